The fourth-order valence-electron chi connectivity index (χ4n) is 3.37. The first kappa shape index (κ1) is 19.0. The van der Waals surface area contributed by atoms with Crippen LogP contribution in [0.5, 0.6) is 11.5 Å². The minimum absolute atomic E-state index is 0.219. The SMILES string of the molecule is COc1cccc(O)c1CN1CCN(CCC(C)C)[C@H](CCO)C1. The van der Waals surface area contributed by atoms with E-state index >= 15 is 0 Å². The van der Waals surface area contributed by atoms with E-state index in [0.29, 0.717) is 18.5 Å². The summed E-state index contributed by atoms with van der Waals surface area (Å²) >= 11 is 0. The molecule has 1 aromatic rings. The average Bonchev–Trinajstić information content (AvgIpc) is 2.56. The van der Waals surface area contributed by atoms with Gasteiger partial charge in [0.25, 0.3) is 0 Å². The van der Waals surface area contributed by atoms with Crippen molar-refractivity contribution in [2.45, 2.75) is 39.3 Å². The highest BCUT2D eigenvalue weighted by atomic mass is 16.5. The minimum Gasteiger partial charge on any atom is -0.507 e. The number of aliphatic hydroxyl groups excluding tert-OH is 1. The third-order valence-corrected chi connectivity index (χ3v) is 4.85. The molecule has 5 heteroatoms. The molecule has 1 heterocycles. The van der Waals surface area contributed by atoms with Crippen molar-refractivity contribution in [3.63, 3.8) is 0 Å². The Hall–Kier alpha value is -1.30. The van der Waals surface area contributed by atoms with Gasteiger partial charge in [0.05, 0.1) is 7.11 Å². The lowest BCUT2D eigenvalue weighted by Gasteiger charge is -2.42. The van der Waals surface area contributed by atoms with Crippen LogP contribution < -0.4 is 4.74 Å². The number of piperazine rings is 1. The van der Waals surface area contributed by atoms with Crippen molar-refractivity contribution in [2.75, 3.05) is 39.9 Å². The predicted molar refractivity (Wildman–Crippen MR) is 96.5 cm³/mol. The number of aromatic hydroxyl groups is 1. The highest BCUT2D eigenvalue weighted by Crippen LogP contribution is 2.29. The molecule has 1 aromatic carbocycles. The second kappa shape index (κ2) is 9.25. The second-order valence-electron chi connectivity index (χ2n) is 7.08. The number of phenols is 1. The summed E-state index contributed by atoms with van der Waals surface area (Å²) in [7, 11) is 1.64. The summed E-state index contributed by atoms with van der Waals surface area (Å²) < 4.78 is 5.39. The van der Waals surface area contributed by atoms with Crippen LogP contribution in [0.4, 0.5) is 0 Å². The van der Waals surface area contributed by atoms with Gasteiger partial charge in [-0.2, -0.15) is 0 Å². The number of phenolic OH excluding ortho intramolecular Hbond substituents is 1. The predicted octanol–water partition coefficient (Wildman–Crippen LogP) is 2.32. The summed E-state index contributed by atoms with van der Waals surface area (Å²) in [5, 5.41) is 19.6. The molecule has 0 radical (unpaired) electrons. The number of hydrogen-bond acceptors (Lipinski definition) is 5. The summed E-state index contributed by atoms with van der Waals surface area (Å²) in [6.45, 7) is 9.38. The van der Waals surface area contributed by atoms with E-state index in [-0.39, 0.29) is 12.4 Å². The Morgan fingerprint density at radius 3 is 2.75 bits per heavy atom. The molecule has 2 N–H and O–H groups in total. The standard InChI is InChI=1S/C19H32N2O3/c1-15(2)7-9-21-11-10-20(13-16(21)8-12-22)14-17-18(23)5-4-6-19(17)24-3/h4-6,15-16,22-23H,7-14H2,1-3H3/t16-/m1/s1. The molecule has 1 atom stereocenters. The third-order valence-electron chi connectivity index (χ3n) is 4.85. The first-order valence-electron chi connectivity index (χ1n) is 8.97. The Morgan fingerprint density at radius 1 is 1.29 bits per heavy atom. The summed E-state index contributed by atoms with van der Waals surface area (Å²) in [5.74, 6) is 1.72. The quantitative estimate of drug-likeness (QED) is 0.763. The van der Waals surface area contributed by atoms with Crippen LogP contribution in [0.15, 0.2) is 18.2 Å². The zero-order chi connectivity index (χ0) is 17.5. The zero-order valence-electron chi connectivity index (χ0n) is 15.2. The molecule has 0 aliphatic carbocycles. The molecule has 1 saturated heterocycles. The van der Waals surface area contributed by atoms with Crippen LogP contribution >= 0.6 is 0 Å². The molecule has 0 spiro atoms. The number of hydrogen-bond donors (Lipinski definition) is 2. The van der Waals surface area contributed by atoms with E-state index in [0.717, 1.165) is 43.9 Å². The van der Waals surface area contributed by atoms with Crippen LogP contribution in [-0.2, 0) is 6.54 Å². The highest BCUT2D eigenvalue weighted by Gasteiger charge is 2.27. The van der Waals surface area contributed by atoms with Crippen molar-refractivity contribution in [1.82, 2.24) is 9.80 Å². The average molecular weight is 336 g/mol. The maximum atomic E-state index is 10.2. The number of rotatable bonds is 8. The lowest BCUT2D eigenvalue weighted by Crippen LogP contribution is -2.53. The normalized spacial score (nSPS) is 19.8. The highest BCUT2D eigenvalue weighted by molar-refractivity contribution is 5.43. The van der Waals surface area contributed by atoms with Crippen LogP contribution in [-0.4, -0.2) is 66.0 Å². The minimum atomic E-state index is 0.219. The molecule has 1 aliphatic heterocycles. The van der Waals surface area contributed by atoms with Gasteiger partial charge >= 0.3 is 0 Å². The van der Waals surface area contributed by atoms with Crippen molar-refractivity contribution >= 4 is 0 Å². The summed E-state index contributed by atoms with van der Waals surface area (Å²) in [6.07, 6.45) is 1.99. The monoisotopic (exact) mass is 336 g/mol. The van der Waals surface area contributed by atoms with Gasteiger partial charge in [0.1, 0.15) is 11.5 Å². The fraction of sp³-hybridized carbons (Fsp3) is 0.684. The van der Waals surface area contributed by atoms with E-state index in [4.69, 9.17) is 4.74 Å². The number of aliphatic hydroxyl groups is 1. The molecule has 136 valence electrons. The Bertz CT molecular complexity index is 507. The molecule has 0 unspecified atom stereocenters. The van der Waals surface area contributed by atoms with Gasteiger partial charge in [-0.3, -0.25) is 9.80 Å². The molecule has 0 aromatic heterocycles. The van der Waals surface area contributed by atoms with Crippen molar-refractivity contribution in [1.29, 1.82) is 0 Å². The zero-order valence-corrected chi connectivity index (χ0v) is 15.2. The van der Waals surface area contributed by atoms with Gasteiger partial charge < -0.3 is 14.9 Å². The fourth-order valence-corrected chi connectivity index (χ4v) is 3.37. The van der Waals surface area contributed by atoms with Gasteiger partial charge in [0.15, 0.2) is 0 Å². The first-order valence-corrected chi connectivity index (χ1v) is 8.97. The molecular weight excluding hydrogens is 304 g/mol. The van der Waals surface area contributed by atoms with Crippen molar-refractivity contribution in [3.05, 3.63) is 23.8 Å². The molecule has 5 nitrogen and oxygen atoms in total. The summed E-state index contributed by atoms with van der Waals surface area (Å²) in [6, 6.07) is 5.77. The van der Waals surface area contributed by atoms with Gasteiger partial charge in [0.2, 0.25) is 0 Å². The van der Waals surface area contributed by atoms with Gasteiger partial charge in [-0.1, -0.05) is 19.9 Å². The Kier molecular flexibility index (Phi) is 7.34. The van der Waals surface area contributed by atoms with E-state index in [1.54, 1.807) is 19.2 Å². The molecule has 1 fully saturated rings. The third kappa shape index (κ3) is 5.10. The van der Waals surface area contributed by atoms with Crippen LogP contribution in [0.2, 0.25) is 0 Å². The summed E-state index contributed by atoms with van der Waals surface area (Å²) in [4.78, 5) is 4.86. The van der Waals surface area contributed by atoms with E-state index in [2.05, 4.69) is 23.6 Å². The Labute approximate surface area is 145 Å². The van der Waals surface area contributed by atoms with E-state index < -0.39 is 0 Å². The van der Waals surface area contributed by atoms with Crippen LogP contribution in [0, 0.1) is 5.92 Å². The van der Waals surface area contributed by atoms with Gasteiger partial charge in [-0.15, -0.1) is 0 Å². The van der Waals surface area contributed by atoms with Crippen LogP contribution in [0.1, 0.15) is 32.3 Å². The topological polar surface area (TPSA) is 56.2 Å². The van der Waals surface area contributed by atoms with Crippen molar-refractivity contribution in [2.24, 2.45) is 5.92 Å². The summed E-state index contributed by atoms with van der Waals surface area (Å²) in [5.41, 5.74) is 0.846. The van der Waals surface area contributed by atoms with Gasteiger partial charge in [-0.25, -0.2) is 0 Å². The number of benzene rings is 1. The van der Waals surface area contributed by atoms with Crippen LogP contribution in [0.3, 0.4) is 0 Å². The number of ether oxygens (including phenoxy) is 1. The maximum Gasteiger partial charge on any atom is 0.127 e. The lowest BCUT2D eigenvalue weighted by atomic mass is 10.0. The molecular formula is C19H32N2O3. The molecule has 24 heavy (non-hydrogen) atoms. The molecule has 1 aliphatic rings. The lowest BCUT2D eigenvalue weighted by molar-refractivity contribution is 0.0517. The number of nitrogens with zero attached hydrogens (tertiary/aromatic N) is 2. The van der Waals surface area contributed by atoms with Gasteiger partial charge in [-0.05, 0) is 37.4 Å². The maximum absolute atomic E-state index is 10.2. The van der Waals surface area contributed by atoms with E-state index in [9.17, 15) is 10.2 Å². The first-order chi connectivity index (χ1) is 11.5. The smallest absolute Gasteiger partial charge is 0.127 e. The largest absolute Gasteiger partial charge is 0.507 e. The molecule has 0 amide bonds. The van der Waals surface area contributed by atoms with Crippen molar-refractivity contribution in [3.8, 4) is 11.5 Å². The van der Waals surface area contributed by atoms with Crippen molar-refractivity contribution < 1.29 is 14.9 Å². The second-order valence-corrected chi connectivity index (χ2v) is 7.08. The van der Waals surface area contributed by atoms with E-state index in [1.807, 2.05) is 6.07 Å². The molecule has 0 bridgehead atoms. The molecule has 0 saturated carbocycles. The van der Waals surface area contributed by atoms with Gasteiger partial charge in [0, 0.05) is 44.4 Å². The van der Waals surface area contributed by atoms with E-state index in [1.165, 1.54) is 6.42 Å². The number of methoxy groups -OCH3 is 1. The molecule has 2 rings (SSSR count). The Balaban J connectivity index is 2.01. The van der Waals surface area contributed by atoms with Crippen LogP contribution in [0.25, 0.3) is 0 Å². The Morgan fingerprint density at radius 2 is 2.08 bits per heavy atom.